The molecule has 0 saturated carbocycles. The molecule has 1 atom stereocenters. The first-order valence-corrected chi connectivity index (χ1v) is 3.08. The van der Waals surface area contributed by atoms with Crippen LogP contribution in [-0.2, 0) is 9.53 Å². The van der Waals surface area contributed by atoms with Crippen LogP contribution in [0.25, 0.3) is 10.4 Å². The lowest BCUT2D eigenvalue weighted by molar-refractivity contribution is -0.152. The van der Waals surface area contributed by atoms with Crippen molar-refractivity contribution < 1.29 is 14.6 Å². The Morgan fingerprint density at radius 1 is 1.91 bits per heavy atom. The van der Waals surface area contributed by atoms with Crippen molar-refractivity contribution in [1.82, 2.24) is 0 Å². The smallest absolute Gasteiger partial charge is 0.335 e. The van der Waals surface area contributed by atoms with Gasteiger partial charge in [-0.05, 0) is 12.5 Å². The summed E-state index contributed by atoms with van der Waals surface area (Å²) in [6, 6.07) is 0. The lowest BCUT2D eigenvalue weighted by Gasteiger charge is -2.04. The molecule has 0 saturated heterocycles. The van der Waals surface area contributed by atoms with Gasteiger partial charge >= 0.3 is 5.97 Å². The molecule has 0 aromatic heterocycles. The van der Waals surface area contributed by atoms with Crippen molar-refractivity contribution in [2.45, 2.75) is 13.0 Å². The summed E-state index contributed by atoms with van der Waals surface area (Å²) in [4.78, 5) is 13.0. The first kappa shape index (κ1) is 9.74. The fourth-order valence-corrected chi connectivity index (χ4v) is 0.427. The van der Waals surface area contributed by atoms with E-state index in [9.17, 15) is 4.79 Å². The average molecular weight is 159 g/mol. The molecule has 0 fully saturated rings. The van der Waals surface area contributed by atoms with E-state index < -0.39 is 12.1 Å². The van der Waals surface area contributed by atoms with Crippen molar-refractivity contribution in [2.75, 3.05) is 13.2 Å². The van der Waals surface area contributed by atoms with Crippen LogP contribution in [-0.4, -0.2) is 30.3 Å². The topological polar surface area (TPSA) is 95.3 Å². The molecule has 0 aliphatic heterocycles. The van der Waals surface area contributed by atoms with Crippen molar-refractivity contribution in [3.05, 3.63) is 10.4 Å². The van der Waals surface area contributed by atoms with Gasteiger partial charge in [0.05, 0.1) is 13.2 Å². The Balaban J connectivity index is 3.72. The molecule has 0 unspecified atom stereocenters. The minimum absolute atomic E-state index is 0.201. The van der Waals surface area contributed by atoms with Crippen LogP contribution in [0, 0.1) is 0 Å². The van der Waals surface area contributed by atoms with Gasteiger partial charge in [0.25, 0.3) is 0 Å². The summed E-state index contributed by atoms with van der Waals surface area (Å²) in [6.07, 6.45) is -1.34. The second-order valence-electron chi connectivity index (χ2n) is 1.68. The van der Waals surface area contributed by atoms with Gasteiger partial charge in [0, 0.05) is 4.91 Å². The highest BCUT2D eigenvalue weighted by Gasteiger charge is 2.13. The molecule has 0 bridgehead atoms. The van der Waals surface area contributed by atoms with Gasteiger partial charge in [0.1, 0.15) is 0 Å². The highest BCUT2D eigenvalue weighted by atomic mass is 16.5. The predicted molar refractivity (Wildman–Crippen MR) is 36.7 cm³/mol. The number of esters is 1. The second-order valence-corrected chi connectivity index (χ2v) is 1.68. The Morgan fingerprint density at radius 3 is 3.00 bits per heavy atom. The van der Waals surface area contributed by atoms with Crippen LogP contribution in [0.3, 0.4) is 0 Å². The number of rotatable bonds is 4. The van der Waals surface area contributed by atoms with Crippen molar-refractivity contribution in [1.29, 1.82) is 0 Å². The van der Waals surface area contributed by atoms with Gasteiger partial charge in [-0.25, -0.2) is 4.79 Å². The molecule has 0 aromatic carbocycles. The summed E-state index contributed by atoms with van der Waals surface area (Å²) >= 11 is 0. The minimum Gasteiger partial charge on any atom is -0.464 e. The zero-order chi connectivity index (χ0) is 8.69. The van der Waals surface area contributed by atoms with Gasteiger partial charge < -0.3 is 9.84 Å². The zero-order valence-electron chi connectivity index (χ0n) is 6.10. The third-order valence-electron chi connectivity index (χ3n) is 0.877. The zero-order valence-corrected chi connectivity index (χ0v) is 6.10. The maximum Gasteiger partial charge on any atom is 0.335 e. The number of hydrogen-bond acceptors (Lipinski definition) is 4. The fraction of sp³-hybridized carbons (Fsp3) is 0.800. The summed E-state index contributed by atoms with van der Waals surface area (Å²) in [7, 11) is 0. The first-order chi connectivity index (χ1) is 5.22. The molecule has 6 heteroatoms. The molecule has 0 heterocycles. The highest BCUT2D eigenvalue weighted by molar-refractivity contribution is 5.74. The molecule has 0 radical (unpaired) electrons. The number of carbonyl (C=O) groups excluding carboxylic acids is 1. The Kier molecular flexibility index (Phi) is 4.89. The van der Waals surface area contributed by atoms with Crippen LogP contribution < -0.4 is 0 Å². The van der Waals surface area contributed by atoms with Crippen LogP contribution in [0.1, 0.15) is 6.92 Å². The first-order valence-electron chi connectivity index (χ1n) is 3.08. The van der Waals surface area contributed by atoms with E-state index in [2.05, 4.69) is 14.8 Å². The summed E-state index contributed by atoms with van der Waals surface area (Å²) in [5.41, 5.74) is 7.82. The molecule has 0 aliphatic carbocycles. The number of carbonyl (C=O) groups is 1. The lowest BCUT2D eigenvalue weighted by Crippen LogP contribution is -2.25. The van der Waals surface area contributed by atoms with Crippen LogP contribution in [0.5, 0.6) is 0 Å². The SMILES string of the molecule is CCOC(=O)[C@@H](O)CN=[N+]=[N-]. The van der Waals surface area contributed by atoms with E-state index in [1.807, 2.05) is 0 Å². The Morgan fingerprint density at radius 2 is 2.55 bits per heavy atom. The van der Waals surface area contributed by atoms with E-state index in [0.717, 1.165) is 0 Å². The third-order valence-corrected chi connectivity index (χ3v) is 0.877. The van der Waals surface area contributed by atoms with E-state index in [1.165, 1.54) is 0 Å². The number of nitrogens with zero attached hydrogens (tertiary/aromatic N) is 3. The lowest BCUT2D eigenvalue weighted by atomic mass is 10.4. The van der Waals surface area contributed by atoms with E-state index in [1.54, 1.807) is 6.92 Å². The Bertz CT molecular complexity index is 176. The van der Waals surface area contributed by atoms with Gasteiger partial charge in [0.2, 0.25) is 0 Å². The van der Waals surface area contributed by atoms with Gasteiger partial charge in [0.15, 0.2) is 6.10 Å². The van der Waals surface area contributed by atoms with Crippen molar-refractivity contribution in [3.8, 4) is 0 Å². The molecule has 0 aromatic rings. The number of aliphatic hydroxyl groups excluding tert-OH is 1. The molecule has 0 spiro atoms. The largest absolute Gasteiger partial charge is 0.464 e. The van der Waals surface area contributed by atoms with Crippen molar-refractivity contribution >= 4 is 5.97 Å². The van der Waals surface area contributed by atoms with E-state index >= 15 is 0 Å². The molecular formula is C5H9N3O3. The van der Waals surface area contributed by atoms with Crippen molar-refractivity contribution in [2.24, 2.45) is 5.11 Å². The van der Waals surface area contributed by atoms with Crippen molar-refractivity contribution in [3.63, 3.8) is 0 Å². The maximum absolute atomic E-state index is 10.6. The summed E-state index contributed by atoms with van der Waals surface area (Å²) in [6.45, 7) is 1.54. The molecule has 11 heavy (non-hydrogen) atoms. The monoisotopic (exact) mass is 159 g/mol. The van der Waals surface area contributed by atoms with Crippen LogP contribution in [0.4, 0.5) is 0 Å². The number of ether oxygens (including phenoxy) is 1. The molecule has 62 valence electrons. The van der Waals surface area contributed by atoms with Gasteiger partial charge in [-0.1, -0.05) is 5.11 Å². The molecule has 6 nitrogen and oxygen atoms in total. The number of hydrogen-bond donors (Lipinski definition) is 1. The predicted octanol–water partition coefficient (Wildman–Crippen LogP) is 0.221. The highest BCUT2D eigenvalue weighted by Crippen LogP contribution is 1.89. The molecule has 0 amide bonds. The average Bonchev–Trinajstić information content (AvgIpc) is 2.00. The summed E-state index contributed by atoms with van der Waals surface area (Å²) in [5, 5.41) is 11.8. The molecule has 1 N–H and O–H groups in total. The molecule has 0 aliphatic rings. The number of aliphatic hydroxyl groups is 1. The van der Waals surface area contributed by atoms with Gasteiger partial charge in [-0.2, -0.15) is 0 Å². The standard InChI is InChI=1S/C5H9N3O3/c1-2-11-5(10)4(9)3-7-8-6/h4,9H,2-3H2,1H3/t4-/m0/s1. The Hall–Kier alpha value is -1.26. The maximum atomic E-state index is 10.6. The van der Waals surface area contributed by atoms with Gasteiger partial charge in [-0.15, -0.1) is 0 Å². The van der Waals surface area contributed by atoms with Gasteiger partial charge in [-0.3, -0.25) is 0 Å². The number of azide groups is 1. The molecule has 0 rings (SSSR count). The quantitative estimate of drug-likeness (QED) is 0.275. The second kappa shape index (κ2) is 5.52. The van der Waals surface area contributed by atoms with Crippen LogP contribution in [0.2, 0.25) is 0 Å². The summed E-state index contributed by atoms with van der Waals surface area (Å²) < 4.78 is 4.43. The molecular weight excluding hydrogens is 150 g/mol. The summed E-state index contributed by atoms with van der Waals surface area (Å²) in [5.74, 6) is -0.764. The Labute approximate surface area is 63.4 Å². The third kappa shape index (κ3) is 4.19. The van der Waals surface area contributed by atoms with E-state index in [0.29, 0.717) is 0 Å². The fourth-order valence-electron chi connectivity index (χ4n) is 0.427. The van der Waals surface area contributed by atoms with E-state index in [4.69, 9.17) is 10.6 Å². The van der Waals surface area contributed by atoms with Crippen LogP contribution >= 0.6 is 0 Å². The van der Waals surface area contributed by atoms with E-state index in [-0.39, 0.29) is 13.2 Å². The minimum atomic E-state index is -1.34. The van der Waals surface area contributed by atoms with Crippen LogP contribution in [0.15, 0.2) is 5.11 Å². The normalized spacial score (nSPS) is 11.5.